The summed E-state index contributed by atoms with van der Waals surface area (Å²) in [6.07, 6.45) is 6.58. The topological polar surface area (TPSA) is 9.23 Å². The van der Waals surface area contributed by atoms with Gasteiger partial charge in [0, 0.05) is 0 Å². The predicted molar refractivity (Wildman–Crippen MR) is 54.6 cm³/mol. The Labute approximate surface area is 81.2 Å². The summed E-state index contributed by atoms with van der Waals surface area (Å²) < 4.78 is 5.87. The number of ether oxygens (including phenoxy) is 1. The normalized spacial score (nSPS) is 44.4. The summed E-state index contributed by atoms with van der Waals surface area (Å²) in [4.78, 5) is 0. The van der Waals surface area contributed by atoms with E-state index in [-0.39, 0.29) is 0 Å². The van der Waals surface area contributed by atoms with E-state index in [4.69, 9.17) is 4.74 Å². The van der Waals surface area contributed by atoms with Crippen molar-refractivity contribution in [1.82, 2.24) is 0 Å². The van der Waals surface area contributed by atoms with Gasteiger partial charge in [-0.3, -0.25) is 0 Å². The average molecular weight is 180 g/mol. The van der Waals surface area contributed by atoms with Gasteiger partial charge in [-0.1, -0.05) is 25.5 Å². The van der Waals surface area contributed by atoms with Gasteiger partial charge in [-0.2, -0.15) is 0 Å². The van der Waals surface area contributed by atoms with Crippen molar-refractivity contribution in [2.75, 3.05) is 6.61 Å². The minimum absolute atomic E-state index is 0.445. The maximum atomic E-state index is 5.87. The Morgan fingerprint density at radius 2 is 2.38 bits per heavy atom. The molecule has 0 bridgehead atoms. The number of rotatable bonds is 1. The highest BCUT2D eigenvalue weighted by Crippen LogP contribution is 2.48. The molecule has 0 aromatic carbocycles. The molecule has 3 unspecified atom stereocenters. The lowest BCUT2D eigenvalue weighted by Gasteiger charge is -2.34. The van der Waals surface area contributed by atoms with Crippen molar-refractivity contribution in [3.63, 3.8) is 0 Å². The predicted octanol–water partition coefficient (Wildman–Crippen LogP) is 3.16. The van der Waals surface area contributed by atoms with Crippen molar-refractivity contribution in [3.8, 4) is 0 Å². The first kappa shape index (κ1) is 9.26. The lowest BCUT2D eigenvalue weighted by atomic mass is 9.68. The Bertz CT molecular complexity index is 231. The zero-order valence-electron chi connectivity index (χ0n) is 8.97. The molecule has 0 N–H and O–H groups in total. The van der Waals surface area contributed by atoms with Gasteiger partial charge in [0.2, 0.25) is 0 Å². The minimum atomic E-state index is 0.445. The summed E-state index contributed by atoms with van der Waals surface area (Å²) in [7, 11) is 0. The van der Waals surface area contributed by atoms with Crippen LogP contribution in [0.15, 0.2) is 11.6 Å². The third-order valence-corrected chi connectivity index (χ3v) is 3.83. The van der Waals surface area contributed by atoms with Gasteiger partial charge in [-0.25, -0.2) is 0 Å². The van der Waals surface area contributed by atoms with E-state index < -0.39 is 0 Å². The molecule has 1 fully saturated rings. The van der Waals surface area contributed by atoms with Gasteiger partial charge in [-0.15, -0.1) is 0 Å². The second kappa shape index (κ2) is 3.13. The van der Waals surface area contributed by atoms with Gasteiger partial charge >= 0.3 is 0 Å². The third-order valence-electron chi connectivity index (χ3n) is 3.83. The molecular formula is C12H20O. The molecule has 74 valence electrons. The van der Waals surface area contributed by atoms with Crippen LogP contribution in [0.4, 0.5) is 0 Å². The van der Waals surface area contributed by atoms with Crippen LogP contribution in [-0.2, 0) is 4.74 Å². The van der Waals surface area contributed by atoms with Crippen LogP contribution in [0.5, 0.6) is 0 Å². The quantitative estimate of drug-likeness (QED) is 0.563. The summed E-state index contributed by atoms with van der Waals surface area (Å²) in [5, 5.41) is 0. The summed E-state index contributed by atoms with van der Waals surface area (Å²) >= 11 is 0. The number of fused-ring (bicyclic) bond motifs is 1. The first-order valence-electron chi connectivity index (χ1n) is 5.43. The maximum Gasteiger partial charge on any atom is 0.0610 e. The van der Waals surface area contributed by atoms with Crippen molar-refractivity contribution in [2.45, 2.75) is 46.1 Å². The summed E-state index contributed by atoms with van der Waals surface area (Å²) in [5.41, 5.74) is 2.01. The van der Waals surface area contributed by atoms with Crippen LogP contribution in [0.3, 0.4) is 0 Å². The maximum absolute atomic E-state index is 5.87. The molecule has 0 radical (unpaired) electrons. The van der Waals surface area contributed by atoms with Crippen LogP contribution >= 0.6 is 0 Å². The van der Waals surface area contributed by atoms with Crippen LogP contribution in [0.1, 0.15) is 40.0 Å². The molecule has 0 aromatic heterocycles. The lowest BCUT2D eigenvalue weighted by molar-refractivity contribution is 0.0860. The van der Waals surface area contributed by atoms with Gasteiger partial charge < -0.3 is 4.74 Å². The van der Waals surface area contributed by atoms with Crippen molar-refractivity contribution >= 4 is 0 Å². The summed E-state index contributed by atoms with van der Waals surface area (Å²) in [5.74, 6) is 0.780. The van der Waals surface area contributed by atoms with Crippen LogP contribution in [0.25, 0.3) is 0 Å². The van der Waals surface area contributed by atoms with Gasteiger partial charge in [0.25, 0.3) is 0 Å². The standard InChI is InChI=1S/C12H20O/c1-4-11-10-7-9(2)5-6-12(10,3)8-13-11/h5,10-11H,4,6-8H2,1-3H3. The highest BCUT2D eigenvalue weighted by Gasteiger charge is 2.46. The molecule has 1 saturated heterocycles. The second-order valence-electron chi connectivity index (χ2n) is 4.98. The Morgan fingerprint density at radius 1 is 1.62 bits per heavy atom. The number of allylic oxidation sites excluding steroid dienone is 2. The largest absolute Gasteiger partial charge is 0.377 e. The Hall–Kier alpha value is -0.300. The number of hydrogen-bond donors (Lipinski definition) is 0. The fourth-order valence-corrected chi connectivity index (χ4v) is 2.80. The summed E-state index contributed by atoms with van der Waals surface area (Å²) in [6, 6.07) is 0. The fraction of sp³-hybridized carbons (Fsp3) is 0.833. The number of hydrogen-bond acceptors (Lipinski definition) is 1. The highest BCUT2D eigenvalue weighted by molar-refractivity contribution is 5.12. The van der Waals surface area contributed by atoms with E-state index >= 15 is 0 Å². The molecule has 0 aromatic rings. The molecule has 1 aliphatic heterocycles. The minimum Gasteiger partial charge on any atom is -0.377 e. The second-order valence-corrected chi connectivity index (χ2v) is 4.98. The molecule has 3 atom stereocenters. The van der Waals surface area contributed by atoms with Gasteiger partial charge in [-0.05, 0) is 37.5 Å². The SMILES string of the molecule is CCC1OCC2(C)CC=C(C)CC12. The van der Waals surface area contributed by atoms with Gasteiger partial charge in [0.05, 0.1) is 12.7 Å². The van der Waals surface area contributed by atoms with Crippen molar-refractivity contribution in [3.05, 3.63) is 11.6 Å². The highest BCUT2D eigenvalue weighted by atomic mass is 16.5. The average Bonchev–Trinajstić information content (AvgIpc) is 2.43. The van der Waals surface area contributed by atoms with Crippen molar-refractivity contribution < 1.29 is 4.74 Å². The van der Waals surface area contributed by atoms with E-state index in [1.807, 2.05) is 0 Å². The Balaban J connectivity index is 2.19. The van der Waals surface area contributed by atoms with Crippen LogP contribution in [0, 0.1) is 11.3 Å². The van der Waals surface area contributed by atoms with Gasteiger partial charge in [0.15, 0.2) is 0 Å². The van der Waals surface area contributed by atoms with Crippen LogP contribution in [-0.4, -0.2) is 12.7 Å². The molecule has 1 aliphatic carbocycles. The third kappa shape index (κ3) is 1.43. The monoisotopic (exact) mass is 180 g/mol. The molecule has 2 rings (SSSR count). The van der Waals surface area contributed by atoms with E-state index in [0.29, 0.717) is 11.5 Å². The smallest absolute Gasteiger partial charge is 0.0610 e. The molecule has 0 amide bonds. The van der Waals surface area contributed by atoms with Crippen LogP contribution in [0.2, 0.25) is 0 Å². The molecule has 0 saturated carbocycles. The first-order valence-corrected chi connectivity index (χ1v) is 5.43. The Morgan fingerprint density at radius 3 is 3.08 bits per heavy atom. The molecule has 2 aliphatic rings. The van der Waals surface area contributed by atoms with Crippen LogP contribution < -0.4 is 0 Å². The van der Waals surface area contributed by atoms with E-state index in [1.54, 1.807) is 5.57 Å². The summed E-state index contributed by atoms with van der Waals surface area (Å²) in [6.45, 7) is 7.85. The molecule has 1 heteroatoms. The zero-order chi connectivity index (χ0) is 9.47. The molecule has 1 heterocycles. The van der Waals surface area contributed by atoms with Crippen molar-refractivity contribution in [2.24, 2.45) is 11.3 Å². The molecule has 0 spiro atoms. The van der Waals surface area contributed by atoms with E-state index in [0.717, 1.165) is 12.5 Å². The van der Waals surface area contributed by atoms with Crippen molar-refractivity contribution in [1.29, 1.82) is 0 Å². The van der Waals surface area contributed by atoms with E-state index in [9.17, 15) is 0 Å². The fourth-order valence-electron chi connectivity index (χ4n) is 2.80. The van der Waals surface area contributed by atoms with E-state index in [1.165, 1.54) is 19.3 Å². The van der Waals surface area contributed by atoms with E-state index in [2.05, 4.69) is 26.8 Å². The lowest BCUT2D eigenvalue weighted by Crippen LogP contribution is -2.31. The molecule has 1 nitrogen and oxygen atoms in total. The van der Waals surface area contributed by atoms with Gasteiger partial charge in [0.1, 0.15) is 0 Å². The molecule has 13 heavy (non-hydrogen) atoms. The zero-order valence-corrected chi connectivity index (χ0v) is 8.97. The molecular weight excluding hydrogens is 160 g/mol. The Kier molecular flexibility index (Phi) is 2.23. The first-order chi connectivity index (χ1) is 6.15.